The topological polar surface area (TPSA) is 58.0 Å². The van der Waals surface area contributed by atoms with Crippen molar-refractivity contribution in [3.8, 4) is 0 Å². The zero-order chi connectivity index (χ0) is 14.8. The Balaban J connectivity index is 2.22. The largest absolute Gasteiger partial charge is 0.388 e. The maximum Gasteiger partial charge on any atom is 0.137 e. The molecule has 0 radical (unpaired) electrons. The lowest BCUT2D eigenvalue weighted by Gasteiger charge is -2.30. The predicted octanol–water partition coefficient (Wildman–Crippen LogP) is 3.49. The summed E-state index contributed by atoms with van der Waals surface area (Å²) in [6, 6.07) is 5.50. The summed E-state index contributed by atoms with van der Waals surface area (Å²) in [5, 5.41) is 15.2. The molecule has 2 aromatic rings. The molecule has 0 amide bonds. The number of halogens is 1. The van der Waals surface area contributed by atoms with E-state index in [4.69, 9.17) is 11.6 Å². The van der Waals surface area contributed by atoms with Gasteiger partial charge in [0, 0.05) is 17.0 Å². The summed E-state index contributed by atoms with van der Waals surface area (Å²) in [6.07, 6.45) is 2.42. The van der Waals surface area contributed by atoms with Crippen LogP contribution in [0.1, 0.15) is 27.2 Å². The van der Waals surface area contributed by atoms with Crippen molar-refractivity contribution in [3.63, 3.8) is 0 Å². The van der Waals surface area contributed by atoms with Crippen LogP contribution in [0.4, 0.5) is 5.82 Å². The van der Waals surface area contributed by atoms with Crippen LogP contribution in [0.15, 0.2) is 24.5 Å². The highest BCUT2D eigenvalue weighted by molar-refractivity contribution is 6.31. The molecule has 2 rings (SSSR count). The highest BCUT2D eigenvalue weighted by Gasteiger charge is 2.26. The van der Waals surface area contributed by atoms with Gasteiger partial charge in [-0.05, 0) is 31.0 Å². The first-order chi connectivity index (χ1) is 9.44. The lowest BCUT2D eigenvalue weighted by atomic mass is 9.88. The van der Waals surface area contributed by atoms with E-state index >= 15 is 0 Å². The van der Waals surface area contributed by atoms with Crippen molar-refractivity contribution < 1.29 is 5.11 Å². The summed E-state index contributed by atoms with van der Waals surface area (Å²) in [7, 11) is 0. The molecule has 5 heteroatoms. The first-order valence-corrected chi connectivity index (χ1v) is 7.18. The molecule has 0 fully saturated rings. The number of anilines is 1. The number of aliphatic hydroxyl groups is 1. The van der Waals surface area contributed by atoms with Crippen LogP contribution in [-0.2, 0) is 0 Å². The van der Waals surface area contributed by atoms with Crippen molar-refractivity contribution in [1.29, 1.82) is 0 Å². The van der Waals surface area contributed by atoms with Gasteiger partial charge in [-0.25, -0.2) is 9.97 Å². The maximum absolute atomic E-state index is 10.4. The molecule has 108 valence electrons. The zero-order valence-electron chi connectivity index (χ0n) is 12.0. The molecule has 2 unspecified atom stereocenters. The second-order valence-electron chi connectivity index (χ2n) is 5.40. The molecule has 0 spiro atoms. The van der Waals surface area contributed by atoms with E-state index in [2.05, 4.69) is 22.2 Å². The van der Waals surface area contributed by atoms with Crippen LogP contribution in [0, 0.1) is 5.92 Å². The number of benzene rings is 1. The Morgan fingerprint density at radius 1 is 1.40 bits per heavy atom. The molecule has 4 nitrogen and oxygen atoms in total. The van der Waals surface area contributed by atoms with Gasteiger partial charge in [0.25, 0.3) is 0 Å². The van der Waals surface area contributed by atoms with E-state index in [9.17, 15) is 5.11 Å². The third-order valence-electron chi connectivity index (χ3n) is 3.89. The fourth-order valence-corrected chi connectivity index (χ4v) is 2.21. The van der Waals surface area contributed by atoms with E-state index in [0.717, 1.165) is 23.1 Å². The zero-order valence-corrected chi connectivity index (χ0v) is 12.8. The summed E-state index contributed by atoms with van der Waals surface area (Å²) < 4.78 is 0. The van der Waals surface area contributed by atoms with E-state index < -0.39 is 5.60 Å². The van der Waals surface area contributed by atoms with Gasteiger partial charge < -0.3 is 10.4 Å². The van der Waals surface area contributed by atoms with Gasteiger partial charge in [0.05, 0.1) is 11.1 Å². The second kappa shape index (κ2) is 5.94. The van der Waals surface area contributed by atoms with E-state index in [1.54, 1.807) is 6.07 Å². The molecule has 1 aromatic carbocycles. The van der Waals surface area contributed by atoms with Crippen LogP contribution in [0.2, 0.25) is 5.02 Å². The van der Waals surface area contributed by atoms with Gasteiger partial charge in [-0.1, -0.05) is 31.9 Å². The minimum atomic E-state index is -0.779. The Kier molecular flexibility index (Phi) is 4.45. The molecule has 0 saturated carbocycles. The van der Waals surface area contributed by atoms with Gasteiger partial charge in [0.1, 0.15) is 12.1 Å². The number of hydrogen-bond acceptors (Lipinski definition) is 4. The molecule has 20 heavy (non-hydrogen) atoms. The van der Waals surface area contributed by atoms with Gasteiger partial charge in [-0.15, -0.1) is 0 Å². The highest BCUT2D eigenvalue weighted by atomic mass is 35.5. The molecule has 0 saturated heterocycles. The van der Waals surface area contributed by atoms with E-state index in [0.29, 0.717) is 11.6 Å². The van der Waals surface area contributed by atoms with Gasteiger partial charge >= 0.3 is 0 Å². The molecule has 1 aromatic heterocycles. The first kappa shape index (κ1) is 15.0. The normalized spacial score (nSPS) is 15.8. The monoisotopic (exact) mass is 293 g/mol. The van der Waals surface area contributed by atoms with E-state index in [1.807, 2.05) is 26.0 Å². The minimum absolute atomic E-state index is 0.206. The number of nitrogens with zero attached hydrogens (tertiary/aromatic N) is 2. The maximum atomic E-state index is 10.4. The standard InChI is InChI=1S/C15H20ClN3O/c1-4-10(2)15(3,20)8-17-14-12-6-5-11(16)7-13(12)18-9-19-14/h5-7,9-10,20H,4,8H2,1-3H3,(H,17,18,19). The minimum Gasteiger partial charge on any atom is -0.388 e. The summed E-state index contributed by atoms with van der Waals surface area (Å²) in [5.41, 5.74) is 0.0107. The Hall–Kier alpha value is -1.39. The van der Waals surface area contributed by atoms with Crippen molar-refractivity contribution in [2.75, 3.05) is 11.9 Å². The first-order valence-electron chi connectivity index (χ1n) is 6.80. The van der Waals surface area contributed by atoms with Gasteiger partial charge in [0.15, 0.2) is 0 Å². The van der Waals surface area contributed by atoms with Gasteiger partial charge in [-0.2, -0.15) is 0 Å². The molecular formula is C15H20ClN3O. The summed E-state index contributed by atoms with van der Waals surface area (Å²) in [4.78, 5) is 8.45. The Labute approximate surface area is 124 Å². The molecule has 2 N–H and O–H groups in total. The van der Waals surface area contributed by atoms with Crippen molar-refractivity contribution in [2.45, 2.75) is 32.8 Å². The Morgan fingerprint density at radius 3 is 2.85 bits per heavy atom. The Bertz CT molecular complexity index is 601. The third-order valence-corrected chi connectivity index (χ3v) is 4.12. The van der Waals surface area contributed by atoms with Gasteiger partial charge in [0.2, 0.25) is 0 Å². The molecule has 1 heterocycles. The highest BCUT2D eigenvalue weighted by Crippen LogP contribution is 2.25. The number of rotatable bonds is 5. The number of nitrogens with one attached hydrogen (secondary N) is 1. The lowest BCUT2D eigenvalue weighted by Crippen LogP contribution is -2.40. The molecule has 0 aliphatic rings. The SMILES string of the molecule is CCC(C)C(C)(O)CNc1ncnc2cc(Cl)ccc12. The quantitative estimate of drug-likeness (QED) is 0.886. The fraction of sp³-hybridized carbons (Fsp3) is 0.467. The van der Waals surface area contributed by atoms with Crippen LogP contribution in [0.5, 0.6) is 0 Å². The van der Waals surface area contributed by atoms with Crippen LogP contribution in [-0.4, -0.2) is 27.2 Å². The summed E-state index contributed by atoms with van der Waals surface area (Å²) >= 11 is 5.96. The Morgan fingerprint density at radius 2 is 2.15 bits per heavy atom. The smallest absolute Gasteiger partial charge is 0.137 e. The predicted molar refractivity (Wildman–Crippen MR) is 83.1 cm³/mol. The van der Waals surface area contributed by atoms with Crippen molar-refractivity contribution >= 4 is 28.3 Å². The van der Waals surface area contributed by atoms with Crippen molar-refractivity contribution in [2.24, 2.45) is 5.92 Å². The van der Waals surface area contributed by atoms with Crippen molar-refractivity contribution in [3.05, 3.63) is 29.5 Å². The van der Waals surface area contributed by atoms with Crippen molar-refractivity contribution in [1.82, 2.24) is 9.97 Å². The number of fused-ring (bicyclic) bond motifs is 1. The fourth-order valence-electron chi connectivity index (χ4n) is 2.05. The summed E-state index contributed by atoms with van der Waals surface area (Å²) in [5.74, 6) is 0.924. The van der Waals surface area contributed by atoms with Crippen LogP contribution in [0.25, 0.3) is 10.9 Å². The molecule has 0 aliphatic heterocycles. The number of hydrogen-bond donors (Lipinski definition) is 2. The van der Waals surface area contributed by atoms with Crippen LogP contribution < -0.4 is 5.32 Å². The molecule has 2 atom stereocenters. The lowest BCUT2D eigenvalue weighted by molar-refractivity contribution is 0.0175. The van der Waals surface area contributed by atoms with Crippen LogP contribution in [0.3, 0.4) is 0 Å². The average molecular weight is 294 g/mol. The molecular weight excluding hydrogens is 274 g/mol. The summed E-state index contributed by atoms with van der Waals surface area (Å²) in [6.45, 7) is 6.39. The van der Waals surface area contributed by atoms with Gasteiger partial charge in [-0.3, -0.25) is 0 Å². The molecule has 0 bridgehead atoms. The third kappa shape index (κ3) is 3.19. The van der Waals surface area contributed by atoms with E-state index in [-0.39, 0.29) is 5.92 Å². The second-order valence-corrected chi connectivity index (χ2v) is 5.84. The van der Waals surface area contributed by atoms with Crippen LogP contribution >= 0.6 is 11.6 Å². The average Bonchev–Trinajstić information content (AvgIpc) is 2.43. The van der Waals surface area contributed by atoms with E-state index in [1.165, 1.54) is 6.33 Å². The molecule has 0 aliphatic carbocycles. The number of aromatic nitrogens is 2.